The maximum Gasteiger partial charge on any atom is 0.221 e. The number of hydrogen-bond donors (Lipinski definition) is 2. The summed E-state index contributed by atoms with van der Waals surface area (Å²) in [5.74, 6) is 0.990. The van der Waals surface area contributed by atoms with E-state index in [4.69, 9.17) is 10.5 Å². The van der Waals surface area contributed by atoms with Crippen molar-refractivity contribution in [3.05, 3.63) is 48.3 Å². The van der Waals surface area contributed by atoms with Crippen LogP contribution in [0.25, 0.3) is 0 Å². The molecule has 1 aromatic carbocycles. The van der Waals surface area contributed by atoms with Gasteiger partial charge >= 0.3 is 0 Å². The van der Waals surface area contributed by atoms with Gasteiger partial charge in [-0.3, -0.25) is 9.78 Å². The molecule has 0 bridgehead atoms. The number of ether oxygens (including phenoxy) is 1. The molecule has 5 nitrogen and oxygen atoms in total. The Bertz CT molecular complexity index is 584. The van der Waals surface area contributed by atoms with Crippen LogP contribution in [0, 0.1) is 0 Å². The Hall–Kier alpha value is -2.40. The monoisotopic (exact) mass is 257 g/mol. The fraction of sp³-hybridized carbons (Fsp3) is 0.143. The van der Waals surface area contributed by atoms with Gasteiger partial charge in [-0.2, -0.15) is 0 Å². The summed E-state index contributed by atoms with van der Waals surface area (Å²) >= 11 is 0. The molecule has 1 heterocycles. The third-order valence-corrected chi connectivity index (χ3v) is 2.51. The second kappa shape index (κ2) is 5.97. The summed E-state index contributed by atoms with van der Waals surface area (Å²) in [6.07, 6.45) is 3.27. The second-order valence-corrected chi connectivity index (χ2v) is 3.97. The summed E-state index contributed by atoms with van der Waals surface area (Å²) in [4.78, 5) is 15.2. The number of amides is 1. The average molecular weight is 257 g/mol. The third kappa shape index (κ3) is 3.29. The molecule has 19 heavy (non-hydrogen) atoms. The van der Waals surface area contributed by atoms with Gasteiger partial charge in [-0.25, -0.2) is 0 Å². The Kier molecular flexibility index (Phi) is 4.10. The van der Waals surface area contributed by atoms with Crippen LogP contribution >= 0.6 is 0 Å². The second-order valence-electron chi connectivity index (χ2n) is 3.97. The van der Waals surface area contributed by atoms with Gasteiger partial charge in [-0.1, -0.05) is 12.1 Å². The highest BCUT2D eigenvalue weighted by atomic mass is 16.5. The maximum absolute atomic E-state index is 11.1. The molecule has 5 heteroatoms. The molecule has 0 radical (unpaired) electrons. The van der Waals surface area contributed by atoms with Crippen molar-refractivity contribution in [3.63, 3.8) is 0 Å². The van der Waals surface area contributed by atoms with Gasteiger partial charge in [0.05, 0.1) is 11.9 Å². The molecule has 0 aliphatic rings. The van der Waals surface area contributed by atoms with Gasteiger partial charge in [-0.05, 0) is 18.2 Å². The minimum absolute atomic E-state index is 0.152. The van der Waals surface area contributed by atoms with Crippen molar-refractivity contribution in [2.75, 3.05) is 5.32 Å². The number of nitrogens with zero attached hydrogens (tertiary/aromatic N) is 1. The number of aromatic nitrogens is 1. The number of nitrogens with two attached hydrogens (primary N) is 1. The topological polar surface area (TPSA) is 77.2 Å². The smallest absolute Gasteiger partial charge is 0.221 e. The quantitative estimate of drug-likeness (QED) is 0.881. The van der Waals surface area contributed by atoms with Crippen LogP contribution in [0.15, 0.2) is 42.7 Å². The first-order chi connectivity index (χ1) is 9.20. The van der Waals surface area contributed by atoms with Crippen molar-refractivity contribution < 1.29 is 9.53 Å². The van der Waals surface area contributed by atoms with Gasteiger partial charge in [0.1, 0.15) is 5.75 Å². The van der Waals surface area contributed by atoms with Crippen LogP contribution in [0.4, 0.5) is 5.69 Å². The lowest BCUT2D eigenvalue weighted by atomic mass is 10.2. The van der Waals surface area contributed by atoms with Crippen molar-refractivity contribution in [2.24, 2.45) is 5.73 Å². The average Bonchev–Trinajstić information content (AvgIpc) is 2.41. The number of pyridine rings is 1. The van der Waals surface area contributed by atoms with E-state index in [1.54, 1.807) is 30.6 Å². The van der Waals surface area contributed by atoms with E-state index in [-0.39, 0.29) is 5.91 Å². The van der Waals surface area contributed by atoms with Crippen LogP contribution < -0.4 is 15.8 Å². The Morgan fingerprint density at radius 3 is 2.84 bits per heavy atom. The van der Waals surface area contributed by atoms with E-state index in [1.807, 2.05) is 12.1 Å². The molecular formula is C14H15N3O2. The lowest BCUT2D eigenvalue weighted by Crippen LogP contribution is -2.07. The van der Waals surface area contributed by atoms with Gasteiger partial charge in [0.2, 0.25) is 5.91 Å². The number of hydrogen-bond acceptors (Lipinski definition) is 4. The standard InChI is InChI=1S/C14H15N3O2/c1-10(18)17-12-4-2-3-5-13(12)19-14-9-16-7-6-11(14)8-15/h2-7,9H,8,15H2,1H3,(H,17,18). The molecule has 98 valence electrons. The predicted octanol–water partition coefficient (Wildman–Crippen LogP) is 2.29. The fourth-order valence-electron chi connectivity index (χ4n) is 1.64. The zero-order valence-corrected chi connectivity index (χ0v) is 10.6. The highest BCUT2D eigenvalue weighted by molar-refractivity contribution is 5.90. The Balaban J connectivity index is 2.30. The predicted molar refractivity (Wildman–Crippen MR) is 72.9 cm³/mol. The molecule has 1 amide bonds. The minimum atomic E-state index is -0.152. The third-order valence-electron chi connectivity index (χ3n) is 2.51. The summed E-state index contributed by atoms with van der Waals surface area (Å²) < 4.78 is 5.78. The molecule has 0 aliphatic carbocycles. The highest BCUT2D eigenvalue weighted by Crippen LogP contribution is 2.30. The van der Waals surface area contributed by atoms with Gasteiger partial charge in [0.15, 0.2) is 5.75 Å². The molecular weight excluding hydrogens is 242 g/mol. The van der Waals surface area contributed by atoms with Crippen molar-refractivity contribution >= 4 is 11.6 Å². The largest absolute Gasteiger partial charge is 0.453 e. The van der Waals surface area contributed by atoms with Crippen LogP contribution in [0.2, 0.25) is 0 Å². The SMILES string of the molecule is CC(=O)Nc1ccccc1Oc1cnccc1CN. The minimum Gasteiger partial charge on any atom is -0.453 e. The number of carbonyl (C=O) groups excluding carboxylic acids is 1. The first kappa shape index (κ1) is 13.0. The summed E-state index contributed by atoms with van der Waals surface area (Å²) in [7, 11) is 0. The number of benzene rings is 1. The van der Waals surface area contributed by atoms with Gasteiger partial charge in [0, 0.05) is 25.2 Å². The van der Waals surface area contributed by atoms with Gasteiger partial charge < -0.3 is 15.8 Å². The summed E-state index contributed by atoms with van der Waals surface area (Å²) in [5.41, 5.74) is 7.11. The number of para-hydroxylation sites is 2. The first-order valence-electron chi connectivity index (χ1n) is 5.88. The molecule has 1 aromatic heterocycles. The summed E-state index contributed by atoms with van der Waals surface area (Å²) in [6.45, 7) is 1.81. The molecule has 2 aromatic rings. The molecule has 0 aliphatic heterocycles. The van der Waals surface area contributed by atoms with Crippen molar-refractivity contribution in [1.82, 2.24) is 4.98 Å². The Morgan fingerprint density at radius 1 is 1.32 bits per heavy atom. The lowest BCUT2D eigenvalue weighted by Gasteiger charge is -2.13. The lowest BCUT2D eigenvalue weighted by molar-refractivity contribution is -0.114. The van der Waals surface area contributed by atoms with Crippen LogP contribution in [0.1, 0.15) is 12.5 Å². The maximum atomic E-state index is 11.1. The number of rotatable bonds is 4. The number of nitrogens with one attached hydrogen (secondary N) is 1. The van der Waals surface area contributed by atoms with Crippen molar-refractivity contribution in [3.8, 4) is 11.5 Å². The van der Waals surface area contributed by atoms with E-state index < -0.39 is 0 Å². The number of carbonyl (C=O) groups is 1. The fourth-order valence-corrected chi connectivity index (χ4v) is 1.64. The van der Waals surface area contributed by atoms with E-state index in [1.165, 1.54) is 6.92 Å². The molecule has 0 saturated carbocycles. The first-order valence-corrected chi connectivity index (χ1v) is 5.88. The van der Waals surface area contributed by atoms with E-state index >= 15 is 0 Å². The zero-order valence-electron chi connectivity index (χ0n) is 10.6. The van der Waals surface area contributed by atoms with Gasteiger partial charge in [0.25, 0.3) is 0 Å². The van der Waals surface area contributed by atoms with E-state index in [2.05, 4.69) is 10.3 Å². The molecule has 3 N–H and O–H groups in total. The van der Waals surface area contributed by atoms with Crippen LogP contribution in [0.5, 0.6) is 11.5 Å². The van der Waals surface area contributed by atoms with Crippen LogP contribution in [-0.4, -0.2) is 10.9 Å². The molecule has 2 rings (SSSR count). The van der Waals surface area contributed by atoms with Crippen LogP contribution in [-0.2, 0) is 11.3 Å². The van der Waals surface area contributed by atoms with E-state index in [0.717, 1.165) is 5.56 Å². The summed E-state index contributed by atoms with van der Waals surface area (Å²) in [6, 6.07) is 9.01. The van der Waals surface area contributed by atoms with Gasteiger partial charge in [-0.15, -0.1) is 0 Å². The molecule has 0 unspecified atom stereocenters. The van der Waals surface area contributed by atoms with Crippen molar-refractivity contribution in [2.45, 2.75) is 13.5 Å². The zero-order chi connectivity index (χ0) is 13.7. The normalized spacial score (nSPS) is 10.0. The van der Waals surface area contributed by atoms with Crippen LogP contribution in [0.3, 0.4) is 0 Å². The Labute approximate surface area is 111 Å². The molecule has 0 atom stereocenters. The van der Waals surface area contributed by atoms with E-state index in [9.17, 15) is 4.79 Å². The van der Waals surface area contributed by atoms with E-state index in [0.29, 0.717) is 23.7 Å². The summed E-state index contributed by atoms with van der Waals surface area (Å²) in [5, 5.41) is 2.72. The molecule has 0 saturated heterocycles. The molecule has 0 spiro atoms. The highest BCUT2D eigenvalue weighted by Gasteiger charge is 2.08. The Morgan fingerprint density at radius 2 is 2.11 bits per heavy atom. The molecule has 0 fully saturated rings. The number of anilines is 1. The van der Waals surface area contributed by atoms with Crippen molar-refractivity contribution in [1.29, 1.82) is 0 Å².